The van der Waals surface area contributed by atoms with E-state index in [1.54, 1.807) is 0 Å². The second-order valence-corrected chi connectivity index (χ2v) is 5.09. The Hall–Kier alpha value is -1.67. The monoisotopic (exact) mass is 285 g/mol. The largest absolute Gasteiger partial charge is 0.480 e. The molecule has 8 nitrogen and oxygen atoms in total. The zero-order valence-corrected chi connectivity index (χ0v) is 11.0. The highest BCUT2D eigenvalue weighted by molar-refractivity contribution is 5.92. The number of aliphatic hydroxyl groups is 1. The lowest BCUT2D eigenvalue weighted by molar-refractivity contribution is -0.143. The van der Waals surface area contributed by atoms with Gasteiger partial charge in [0.05, 0.1) is 12.1 Å². The van der Waals surface area contributed by atoms with Crippen LogP contribution in [-0.4, -0.2) is 70.7 Å². The van der Waals surface area contributed by atoms with Crippen molar-refractivity contribution in [1.29, 1.82) is 0 Å². The first-order valence-corrected chi connectivity index (χ1v) is 6.72. The molecule has 0 saturated carbocycles. The van der Waals surface area contributed by atoms with Crippen molar-refractivity contribution in [1.82, 2.24) is 15.5 Å². The van der Waals surface area contributed by atoms with Crippen LogP contribution in [-0.2, 0) is 14.4 Å². The Morgan fingerprint density at radius 1 is 1.30 bits per heavy atom. The predicted octanol–water partition coefficient (Wildman–Crippen LogP) is -2.10. The van der Waals surface area contributed by atoms with Gasteiger partial charge in [-0.2, -0.15) is 0 Å². The molecule has 20 heavy (non-hydrogen) atoms. The van der Waals surface area contributed by atoms with E-state index in [1.807, 2.05) is 0 Å². The maximum atomic E-state index is 12.3. The summed E-state index contributed by atoms with van der Waals surface area (Å²) in [5.74, 6) is -1.99. The molecular formula is C12H19N3O5. The summed E-state index contributed by atoms with van der Waals surface area (Å²) in [7, 11) is 0. The van der Waals surface area contributed by atoms with Crippen LogP contribution in [0.1, 0.15) is 19.3 Å². The molecule has 0 aromatic carbocycles. The molecular weight excluding hydrogens is 266 g/mol. The van der Waals surface area contributed by atoms with E-state index in [-0.39, 0.29) is 11.9 Å². The number of aliphatic hydroxyl groups excluding tert-OH is 1. The van der Waals surface area contributed by atoms with Gasteiger partial charge in [-0.1, -0.05) is 0 Å². The molecule has 0 aliphatic carbocycles. The Morgan fingerprint density at radius 3 is 2.65 bits per heavy atom. The molecule has 0 radical (unpaired) electrons. The maximum absolute atomic E-state index is 12.3. The summed E-state index contributed by atoms with van der Waals surface area (Å²) >= 11 is 0. The molecule has 0 aromatic heterocycles. The summed E-state index contributed by atoms with van der Waals surface area (Å²) in [6, 6.07) is -1.31. The number of carboxylic acids is 1. The number of carboxylic acid groups (broad SMARTS) is 1. The number of nitrogens with one attached hydrogen (secondary N) is 2. The summed E-state index contributed by atoms with van der Waals surface area (Å²) < 4.78 is 0. The molecule has 2 fully saturated rings. The predicted molar refractivity (Wildman–Crippen MR) is 67.8 cm³/mol. The van der Waals surface area contributed by atoms with Crippen molar-refractivity contribution in [3.63, 3.8) is 0 Å². The van der Waals surface area contributed by atoms with Crippen molar-refractivity contribution in [2.45, 2.75) is 37.5 Å². The number of hydrogen-bond acceptors (Lipinski definition) is 5. The van der Waals surface area contributed by atoms with Crippen LogP contribution in [0.2, 0.25) is 0 Å². The maximum Gasteiger partial charge on any atom is 0.322 e. The van der Waals surface area contributed by atoms with Crippen molar-refractivity contribution < 1.29 is 24.6 Å². The molecule has 2 aliphatic rings. The molecule has 3 atom stereocenters. The van der Waals surface area contributed by atoms with Gasteiger partial charge in [0.15, 0.2) is 0 Å². The topological polar surface area (TPSA) is 119 Å². The van der Waals surface area contributed by atoms with E-state index in [4.69, 9.17) is 5.11 Å². The van der Waals surface area contributed by atoms with Crippen molar-refractivity contribution >= 4 is 17.8 Å². The van der Waals surface area contributed by atoms with E-state index in [9.17, 15) is 19.5 Å². The standard InChI is InChI=1S/C12H19N3O5/c16-8-3-5-15(12(20)7-2-1-4-13-7)10(8)11(19)14-6-9(17)18/h7-8,10,13,16H,1-6H2,(H,14,19)(H,17,18)/t7-,8-,10-/m0/s1. The van der Waals surface area contributed by atoms with Crippen LogP contribution in [0.3, 0.4) is 0 Å². The number of likely N-dealkylation sites (tertiary alicyclic amines) is 1. The second kappa shape index (κ2) is 6.19. The fraction of sp³-hybridized carbons (Fsp3) is 0.750. The van der Waals surface area contributed by atoms with E-state index >= 15 is 0 Å². The van der Waals surface area contributed by atoms with Crippen LogP contribution in [0.4, 0.5) is 0 Å². The number of carbonyl (C=O) groups excluding carboxylic acids is 2. The van der Waals surface area contributed by atoms with Gasteiger partial charge in [0.2, 0.25) is 11.8 Å². The lowest BCUT2D eigenvalue weighted by Crippen LogP contribution is -2.54. The highest BCUT2D eigenvalue weighted by Crippen LogP contribution is 2.21. The van der Waals surface area contributed by atoms with Crippen molar-refractivity contribution in [3.8, 4) is 0 Å². The van der Waals surface area contributed by atoms with Crippen LogP contribution >= 0.6 is 0 Å². The fourth-order valence-electron chi connectivity index (χ4n) is 2.70. The van der Waals surface area contributed by atoms with E-state index in [2.05, 4.69) is 10.6 Å². The number of carbonyl (C=O) groups is 3. The van der Waals surface area contributed by atoms with Gasteiger partial charge >= 0.3 is 5.97 Å². The van der Waals surface area contributed by atoms with E-state index in [1.165, 1.54) is 4.90 Å². The first kappa shape index (κ1) is 14.7. The van der Waals surface area contributed by atoms with Gasteiger partial charge in [0, 0.05) is 6.54 Å². The zero-order chi connectivity index (χ0) is 14.7. The van der Waals surface area contributed by atoms with Gasteiger partial charge in [-0.3, -0.25) is 14.4 Å². The third kappa shape index (κ3) is 3.07. The first-order chi connectivity index (χ1) is 9.50. The lowest BCUT2D eigenvalue weighted by Gasteiger charge is -2.27. The summed E-state index contributed by atoms with van der Waals surface area (Å²) in [5.41, 5.74) is 0. The molecule has 2 saturated heterocycles. The van der Waals surface area contributed by atoms with Crippen LogP contribution in [0.15, 0.2) is 0 Å². The number of hydrogen-bond donors (Lipinski definition) is 4. The van der Waals surface area contributed by atoms with Gasteiger partial charge in [-0.15, -0.1) is 0 Å². The third-order valence-electron chi connectivity index (χ3n) is 3.69. The summed E-state index contributed by atoms with van der Waals surface area (Å²) in [6.45, 7) is 0.553. The SMILES string of the molecule is O=C(O)CNC(=O)[C@@H]1[C@@H](O)CCN1C(=O)[C@@H]1CCCN1. The van der Waals surface area contributed by atoms with E-state index in [0.717, 1.165) is 19.4 Å². The van der Waals surface area contributed by atoms with Crippen molar-refractivity contribution in [2.24, 2.45) is 0 Å². The Balaban J connectivity index is 2.01. The molecule has 0 unspecified atom stereocenters. The molecule has 2 rings (SSSR count). The molecule has 0 spiro atoms. The normalized spacial score (nSPS) is 29.4. The van der Waals surface area contributed by atoms with Gasteiger partial charge in [0.1, 0.15) is 12.6 Å². The Morgan fingerprint density at radius 2 is 2.05 bits per heavy atom. The van der Waals surface area contributed by atoms with Crippen molar-refractivity contribution in [3.05, 3.63) is 0 Å². The third-order valence-corrected chi connectivity index (χ3v) is 3.69. The van der Waals surface area contributed by atoms with E-state index in [0.29, 0.717) is 13.0 Å². The molecule has 0 bridgehead atoms. The molecule has 0 aromatic rings. The average Bonchev–Trinajstić information content (AvgIpc) is 3.04. The minimum absolute atomic E-state index is 0.200. The van der Waals surface area contributed by atoms with E-state index < -0.39 is 30.6 Å². The first-order valence-electron chi connectivity index (χ1n) is 6.72. The van der Waals surface area contributed by atoms with Crippen LogP contribution in [0.25, 0.3) is 0 Å². The van der Waals surface area contributed by atoms with Gasteiger partial charge in [-0.25, -0.2) is 0 Å². The highest BCUT2D eigenvalue weighted by Gasteiger charge is 2.43. The van der Waals surface area contributed by atoms with Gasteiger partial charge in [-0.05, 0) is 25.8 Å². The highest BCUT2D eigenvalue weighted by atomic mass is 16.4. The summed E-state index contributed by atoms with van der Waals surface area (Å²) in [4.78, 5) is 36.1. The van der Waals surface area contributed by atoms with Gasteiger partial charge < -0.3 is 25.7 Å². The average molecular weight is 285 g/mol. The minimum atomic E-state index is -1.17. The second-order valence-electron chi connectivity index (χ2n) is 5.09. The molecule has 2 heterocycles. The smallest absolute Gasteiger partial charge is 0.322 e. The molecule has 4 N–H and O–H groups in total. The molecule has 2 amide bonds. The number of amides is 2. The molecule has 2 aliphatic heterocycles. The minimum Gasteiger partial charge on any atom is -0.480 e. The number of rotatable bonds is 4. The Labute approximate surface area is 116 Å². The van der Waals surface area contributed by atoms with Crippen LogP contribution < -0.4 is 10.6 Å². The summed E-state index contributed by atoms with van der Waals surface area (Å²) in [5, 5.41) is 23.7. The number of aliphatic carboxylic acids is 1. The van der Waals surface area contributed by atoms with Gasteiger partial charge in [0.25, 0.3) is 0 Å². The van der Waals surface area contributed by atoms with Crippen molar-refractivity contribution in [2.75, 3.05) is 19.6 Å². The Bertz CT molecular complexity index is 408. The summed E-state index contributed by atoms with van der Waals surface area (Å²) in [6.07, 6.45) is 0.996. The zero-order valence-electron chi connectivity index (χ0n) is 11.0. The Kier molecular flexibility index (Phi) is 4.56. The molecule has 8 heteroatoms. The van der Waals surface area contributed by atoms with Crippen LogP contribution in [0.5, 0.6) is 0 Å². The molecule has 112 valence electrons. The van der Waals surface area contributed by atoms with Crippen LogP contribution in [0, 0.1) is 0 Å². The fourth-order valence-corrected chi connectivity index (χ4v) is 2.70. The number of nitrogens with zero attached hydrogens (tertiary/aromatic N) is 1. The lowest BCUT2D eigenvalue weighted by atomic mass is 10.1. The quantitative estimate of drug-likeness (QED) is 0.470.